The lowest BCUT2D eigenvalue weighted by atomic mass is 9.89. The van der Waals surface area contributed by atoms with E-state index in [1.165, 1.54) is 12.8 Å². The van der Waals surface area contributed by atoms with Crippen LogP contribution in [0.4, 0.5) is 0 Å². The van der Waals surface area contributed by atoms with Crippen molar-refractivity contribution in [1.82, 2.24) is 10.6 Å². The zero-order valence-electron chi connectivity index (χ0n) is 12.2. The molecule has 0 aromatic rings. The quantitative estimate of drug-likeness (QED) is 0.568. The molecule has 0 spiro atoms. The molecule has 3 unspecified atom stereocenters. The van der Waals surface area contributed by atoms with Gasteiger partial charge in [0.2, 0.25) is 5.91 Å². The molecule has 1 rings (SSSR count). The number of ether oxygens (including phenoxy) is 1. The molecule has 0 aromatic carbocycles. The topological polar surface area (TPSA) is 70.6 Å². The third kappa shape index (κ3) is 7.50. The Balaban J connectivity index is 2.01. The van der Waals surface area contributed by atoms with E-state index < -0.39 is 6.10 Å². The molecule has 112 valence electrons. The number of carbonyl (C=O) groups excluding carboxylic acids is 1. The zero-order valence-corrected chi connectivity index (χ0v) is 12.2. The Morgan fingerprint density at radius 3 is 2.95 bits per heavy atom. The van der Waals surface area contributed by atoms with Crippen LogP contribution in [0, 0.1) is 5.92 Å². The summed E-state index contributed by atoms with van der Waals surface area (Å²) in [6, 6.07) is 0. The lowest BCUT2D eigenvalue weighted by Gasteiger charge is -2.27. The Hall–Kier alpha value is -0.650. The van der Waals surface area contributed by atoms with Crippen molar-refractivity contribution in [2.45, 2.75) is 51.2 Å². The molecular weight excluding hydrogens is 244 g/mol. The molecular formula is C14H28N2O3. The summed E-state index contributed by atoms with van der Waals surface area (Å²) in [4.78, 5) is 11.0. The minimum absolute atomic E-state index is 0.00873. The molecule has 19 heavy (non-hydrogen) atoms. The standard InChI is InChI=1S/C14H28N2O3/c1-11-4-3-5-13(8-11)19-10-12(17)9-16-7-6-14(18)15-2/h11-13,16-17H,3-10H2,1-2H3,(H,15,18). The third-order valence-corrected chi connectivity index (χ3v) is 3.60. The largest absolute Gasteiger partial charge is 0.389 e. The van der Waals surface area contributed by atoms with Crippen LogP contribution in [0.3, 0.4) is 0 Å². The van der Waals surface area contributed by atoms with Crippen LogP contribution in [0.15, 0.2) is 0 Å². The maximum absolute atomic E-state index is 11.0. The second-order valence-electron chi connectivity index (χ2n) is 5.51. The van der Waals surface area contributed by atoms with Gasteiger partial charge in [0.1, 0.15) is 0 Å². The Bertz CT molecular complexity index is 261. The summed E-state index contributed by atoms with van der Waals surface area (Å²) in [5, 5.41) is 15.4. The minimum atomic E-state index is -0.498. The van der Waals surface area contributed by atoms with Crippen molar-refractivity contribution in [2.75, 3.05) is 26.7 Å². The van der Waals surface area contributed by atoms with Gasteiger partial charge in [-0.1, -0.05) is 19.8 Å². The normalized spacial score (nSPS) is 25.0. The molecule has 0 aromatic heterocycles. The fraction of sp³-hybridized carbons (Fsp3) is 0.929. The van der Waals surface area contributed by atoms with Crippen LogP contribution in [0.5, 0.6) is 0 Å². The number of aliphatic hydroxyl groups is 1. The van der Waals surface area contributed by atoms with Gasteiger partial charge < -0.3 is 20.5 Å². The molecule has 5 nitrogen and oxygen atoms in total. The monoisotopic (exact) mass is 272 g/mol. The van der Waals surface area contributed by atoms with Crippen molar-refractivity contribution in [3.63, 3.8) is 0 Å². The Labute approximate surface area is 116 Å². The van der Waals surface area contributed by atoms with Crippen LogP contribution >= 0.6 is 0 Å². The van der Waals surface area contributed by atoms with Gasteiger partial charge in [0.25, 0.3) is 0 Å². The number of aliphatic hydroxyl groups excluding tert-OH is 1. The summed E-state index contributed by atoms with van der Waals surface area (Å²) in [5.74, 6) is 0.746. The van der Waals surface area contributed by atoms with Crippen LogP contribution in [0.2, 0.25) is 0 Å². The van der Waals surface area contributed by atoms with E-state index in [0.29, 0.717) is 32.2 Å². The summed E-state index contributed by atoms with van der Waals surface area (Å²) in [5.41, 5.74) is 0. The van der Waals surface area contributed by atoms with Gasteiger partial charge in [-0.05, 0) is 18.8 Å². The molecule has 0 saturated heterocycles. The average Bonchev–Trinajstić information content (AvgIpc) is 2.41. The van der Waals surface area contributed by atoms with Gasteiger partial charge in [0, 0.05) is 26.6 Å². The van der Waals surface area contributed by atoms with Gasteiger partial charge in [-0.15, -0.1) is 0 Å². The summed E-state index contributed by atoms with van der Waals surface area (Å²) in [6.45, 7) is 3.69. The summed E-state index contributed by atoms with van der Waals surface area (Å²) < 4.78 is 5.75. The molecule has 3 atom stereocenters. The maximum Gasteiger partial charge on any atom is 0.221 e. The molecule has 1 aliphatic carbocycles. The Morgan fingerprint density at radius 2 is 2.26 bits per heavy atom. The van der Waals surface area contributed by atoms with Crippen molar-refractivity contribution < 1.29 is 14.6 Å². The summed E-state index contributed by atoms with van der Waals surface area (Å²) in [7, 11) is 1.62. The van der Waals surface area contributed by atoms with Crippen LogP contribution in [-0.4, -0.2) is 50.0 Å². The summed E-state index contributed by atoms with van der Waals surface area (Å²) in [6.07, 6.45) is 4.99. The van der Waals surface area contributed by atoms with Crippen molar-refractivity contribution >= 4 is 5.91 Å². The fourth-order valence-corrected chi connectivity index (χ4v) is 2.43. The molecule has 0 aliphatic heterocycles. The molecule has 0 heterocycles. The van der Waals surface area contributed by atoms with Crippen molar-refractivity contribution in [2.24, 2.45) is 5.92 Å². The van der Waals surface area contributed by atoms with Crippen molar-refractivity contribution in [1.29, 1.82) is 0 Å². The van der Waals surface area contributed by atoms with Gasteiger partial charge in [-0.25, -0.2) is 0 Å². The predicted octanol–water partition coefficient (Wildman–Crippen LogP) is 0.668. The highest BCUT2D eigenvalue weighted by molar-refractivity contribution is 5.75. The second kappa shape index (κ2) is 9.28. The van der Waals surface area contributed by atoms with Crippen LogP contribution < -0.4 is 10.6 Å². The first kappa shape index (κ1) is 16.4. The number of nitrogens with one attached hydrogen (secondary N) is 2. The Kier molecular flexibility index (Phi) is 8.02. The van der Waals surface area contributed by atoms with E-state index in [9.17, 15) is 9.90 Å². The van der Waals surface area contributed by atoms with Gasteiger partial charge in [-0.2, -0.15) is 0 Å². The van der Waals surface area contributed by atoms with E-state index in [1.54, 1.807) is 7.05 Å². The molecule has 0 radical (unpaired) electrons. The highest BCUT2D eigenvalue weighted by Gasteiger charge is 2.20. The fourth-order valence-electron chi connectivity index (χ4n) is 2.43. The van der Waals surface area contributed by atoms with Crippen LogP contribution in [-0.2, 0) is 9.53 Å². The van der Waals surface area contributed by atoms with Gasteiger partial charge in [0.15, 0.2) is 0 Å². The van der Waals surface area contributed by atoms with E-state index in [1.807, 2.05) is 0 Å². The second-order valence-corrected chi connectivity index (χ2v) is 5.51. The molecule has 0 bridgehead atoms. The molecule has 1 fully saturated rings. The van der Waals surface area contributed by atoms with Crippen molar-refractivity contribution in [3.8, 4) is 0 Å². The predicted molar refractivity (Wildman–Crippen MR) is 74.9 cm³/mol. The number of hydrogen-bond donors (Lipinski definition) is 3. The van der Waals surface area contributed by atoms with Gasteiger partial charge in [-0.3, -0.25) is 4.79 Å². The Morgan fingerprint density at radius 1 is 1.47 bits per heavy atom. The van der Waals surface area contributed by atoms with E-state index in [2.05, 4.69) is 17.6 Å². The molecule has 1 amide bonds. The molecule has 3 N–H and O–H groups in total. The lowest BCUT2D eigenvalue weighted by molar-refractivity contribution is -0.120. The lowest BCUT2D eigenvalue weighted by Crippen LogP contribution is -2.34. The average molecular weight is 272 g/mol. The zero-order chi connectivity index (χ0) is 14.1. The number of amides is 1. The first-order valence-electron chi connectivity index (χ1n) is 7.32. The molecule has 1 aliphatic rings. The number of hydrogen-bond acceptors (Lipinski definition) is 4. The molecule has 1 saturated carbocycles. The number of carbonyl (C=O) groups is 1. The smallest absolute Gasteiger partial charge is 0.221 e. The SMILES string of the molecule is CNC(=O)CCNCC(O)COC1CCCC(C)C1. The van der Waals surface area contributed by atoms with Gasteiger partial charge >= 0.3 is 0 Å². The summed E-state index contributed by atoms with van der Waals surface area (Å²) >= 11 is 0. The minimum Gasteiger partial charge on any atom is -0.389 e. The number of rotatable bonds is 8. The molecule has 5 heteroatoms. The van der Waals surface area contributed by atoms with E-state index in [0.717, 1.165) is 18.8 Å². The van der Waals surface area contributed by atoms with E-state index >= 15 is 0 Å². The van der Waals surface area contributed by atoms with E-state index in [-0.39, 0.29) is 5.91 Å². The van der Waals surface area contributed by atoms with Crippen LogP contribution in [0.1, 0.15) is 39.0 Å². The highest BCUT2D eigenvalue weighted by Crippen LogP contribution is 2.25. The first-order chi connectivity index (χ1) is 9.11. The first-order valence-corrected chi connectivity index (χ1v) is 7.32. The maximum atomic E-state index is 11.0. The van der Waals surface area contributed by atoms with Crippen molar-refractivity contribution in [3.05, 3.63) is 0 Å². The third-order valence-electron chi connectivity index (χ3n) is 3.60. The van der Waals surface area contributed by atoms with Gasteiger partial charge in [0.05, 0.1) is 18.8 Å². The highest BCUT2D eigenvalue weighted by atomic mass is 16.5. The van der Waals surface area contributed by atoms with E-state index in [4.69, 9.17) is 4.74 Å². The van der Waals surface area contributed by atoms with Crippen LogP contribution in [0.25, 0.3) is 0 Å².